The average Bonchev–Trinajstić information content (AvgIpc) is 3.55. The van der Waals surface area contributed by atoms with E-state index in [1.165, 1.54) is 11.8 Å². The van der Waals surface area contributed by atoms with E-state index in [1.54, 1.807) is 11.8 Å². The van der Waals surface area contributed by atoms with Crippen molar-refractivity contribution in [3.8, 4) is 17.5 Å². The van der Waals surface area contributed by atoms with E-state index in [0.717, 1.165) is 42.1 Å². The molecule has 3 aromatic rings. The third-order valence-electron chi connectivity index (χ3n) is 5.65. The summed E-state index contributed by atoms with van der Waals surface area (Å²) in [5.41, 5.74) is 2.95. The van der Waals surface area contributed by atoms with Crippen LogP contribution >= 0.6 is 11.8 Å². The first-order valence-corrected chi connectivity index (χ1v) is 11.6. The van der Waals surface area contributed by atoms with Gasteiger partial charge < -0.3 is 14.8 Å². The zero-order valence-electron chi connectivity index (χ0n) is 18.7. The van der Waals surface area contributed by atoms with Crippen molar-refractivity contribution in [1.82, 2.24) is 24.8 Å². The maximum absolute atomic E-state index is 12.9. The number of anilines is 1. The summed E-state index contributed by atoms with van der Waals surface area (Å²) >= 11 is 1.25. The van der Waals surface area contributed by atoms with Crippen LogP contribution in [0.15, 0.2) is 29.4 Å². The molecular weight excluding hydrogens is 442 g/mol. The number of aromatic nitrogens is 5. The van der Waals surface area contributed by atoms with E-state index in [9.17, 15) is 10.1 Å². The fourth-order valence-corrected chi connectivity index (χ4v) is 4.50. The zero-order chi connectivity index (χ0) is 23.4. The third-order valence-corrected chi connectivity index (χ3v) is 6.60. The molecule has 1 N–H and O–H groups in total. The molecule has 172 valence electrons. The zero-order valence-corrected chi connectivity index (χ0v) is 19.6. The molecule has 1 fully saturated rings. The van der Waals surface area contributed by atoms with Gasteiger partial charge in [-0.3, -0.25) is 9.36 Å². The van der Waals surface area contributed by atoms with Gasteiger partial charge >= 0.3 is 0 Å². The number of tetrazole rings is 1. The Hall–Kier alpha value is -3.36. The summed E-state index contributed by atoms with van der Waals surface area (Å²) < 4.78 is 14.4. The van der Waals surface area contributed by atoms with E-state index < -0.39 is 0 Å². The fourth-order valence-electron chi connectivity index (χ4n) is 3.81. The average molecular weight is 468 g/mol. The predicted octanol–water partition coefficient (Wildman–Crippen LogP) is 2.87. The second-order valence-corrected chi connectivity index (χ2v) is 8.64. The largest absolute Gasteiger partial charge is 0.497 e. The monoisotopic (exact) mass is 467 g/mol. The Labute approximate surface area is 195 Å². The van der Waals surface area contributed by atoms with E-state index in [2.05, 4.69) is 26.9 Å². The van der Waals surface area contributed by atoms with Gasteiger partial charge in [-0.25, -0.2) is 4.68 Å². The number of ether oxygens (including phenoxy) is 2. The summed E-state index contributed by atoms with van der Waals surface area (Å²) in [6.45, 7) is 5.11. The lowest BCUT2D eigenvalue weighted by molar-refractivity contribution is -0.113. The SMILES string of the molecule is COc1ccc(-n2c(C)c(C)c(C#N)c2NC(=O)CSc2nnnn2C[C@@H]2CCCO2)cc1. The highest BCUT2D eigenvalue weighted by molar-refractivity contribution is 7.99. The van der Waals surface area contributed by atoms with Crippen LogP contribution in [0, 0.1) is 25.2 Å². The lowest BCUT2D eigenvalue weighted by Crippen LogP contribution is -2.19. The van der Waals surface area contributed by atoms with Gasteiger partial charge in [0.2, 0.25) is 11.1 Å². The highest BCUT2D eigenvalue weighted by atomic mass is 32.2. The minimum atomic E-state index is -0.254. The molecular formula is C22H25N7O3S. The van der Waals surface area contributed by atoms with Crippen molar-refractivity contribution in [2.24, 2.45) is 0 Å². The van der Waals surface area contributed by atoms with Crippen molar-refractivity contribution in [3.63, 3.8) is 0 Å². The van der Waals surface area contributed by atoms with Crippen LogP contribution in [0.25, 0.3) is 5.69 Å². The van der Waals surface area contributed by atoms with Crippen molar-refractivity contribution in [2.75, 3.05) is 24.8 Å². The van der Waals surface area contributed by atoms with Crippen LogP contribution in [0.1, 0.15) is 29.7 Å². The molecule has 10 nitrogen and oxygen atoms in total. The number of rotatable bonds is 8. The Morgan fingerprint density at radius 2 is 2.15 bits per heavy atom. The van der Waals surface area contributed by atoms with Crippen LogP contribution in [0.3, 0.4) is 0 Å². The molecule has 3 heterocycles. The molecule has 0 spiro atoms. The fraction of sp³-hybridized carbons (Fsp3) is 0.409. The second kappa shape index (κ2) is 10.1. The molecule has 11 heteroatoms. The maximum Gasteiger partial charge on any atom is 0.236 e. The summed E-state index contributed by atoms with van der Waals surface area (Å²) in [6.07, 6.45) is 2.10. The van der Waals surface area contributed by atoms with Gasteiger partial charge in [0, 0.05) is 18.0 Å². The number of amides is 1. The normalized spacial score (nSPS) is 15.4. The van der Waals surface area contributed by atoms with Gasteiger partial charge in [-0.15, -0.1) is 5.10 Å². The summed E-state index contributed by atoms with van der Waals surface area (Å²) in [6, 6.07) is 9.67. The molecule has 0 radical (unpaired) electrons. The van der Waals surface area contributed by atoms with E-state index in [1.807, 2.05) is 42.7 Å². The Morgan fingerprint density at radius 3 is 2.82 bits per heavy atom. The van der Waals surface area contributed by atoms with Crippen molar-refractivity contribution in [1.29, 1.82) is 5.26 Å². The molecule has 4 rings (SSSR count). The Balaban J connectivity index is 1.50. The number of hydrogen-bond donors (Lipinski definition) is 1. The summed E-state index contributed by atoms with van der Waals surface area (Å²) in [7, 11) is 1.61. The quantitative estimate of drug-likeness (QED) is 0.502. The van der Waals surface area contributed by atoms with E-state index >= 15 is 0 Å². The van der Waals surface area contributed by atoms with Gasteiger partial charge in [-0.1, -0.05) is 11.8 Å². The number of methoxy groups -OCH3 is 1. The predicted molar refractivity (Wildman–Crippen MR) is 123 cm³/mol. The summed E-state index contributed by atoms with van der Waals surface area (Å²) in [5.74, 6) is 1.02. The van der Waals surface area contributed by atoms with Crippen LogP contribution < -0.4 is 10.1 Å². The molecule has 1 aliphatic heterocycles. The minimum absolute atomic E-state index is 0.0959. The van der Waals surface area contributed by atoms with Gasteiger partial charge in [0.1, 0.15) is 17.6 Å². The molecule has 1 aliphatic rings. The Morgan fingerprint density at radius 1 is 1.36 bits per heavy atom. The first kappa shape index (κ1) is 22.8. The first-order chi connectivity index (χ1) is 16.0. The van der Waals surface area contributed by atoms with Crippen molar-refractivity contribution < 1.29 is 14.3 Å². The molecule has 1 atom stereocenters. The summed E-state index contributed by atoms with van der Waals surface area (Å²) in [5, 5.41) is 25.0. The number of hydrogen-bond acceptors (Lipinski definition) is 8. The van der Waals surface area contributed by atoms with Gasteiger partial charge in [0.15, 0.2) is 0 Å². The summed E-state index contributed by atoms with van der Waals surface area (Å²) in [4.78, 5) is 12.9. The van der Waals surface area contributed by atoms with Crippen molar-refractivity contribution in [2.45, 2.75) is 44.5 Å². The highest BCUT2D eigenvalue weighted by Crippen LogP contribution is 2.31. The van der Waals surface area contributed by atoms with Crippen LogP contribution in [0.4, 0.5) is 5.82 Å². The molecule has 33 heavy (non-hydrogen) atoms. The van der Waals surface area contributed by atoms with Crippen LogP contribution in [0.2, 0.25) is 0 Å². The molecule has 0 bridgehead atoms. The van der Waals surface area contributed by atoms with Gasteiger partial charge in [0.25, 0.3) is 0 Å². The van der Waals surface area contributed by atoms with Gasteiger partial charge in [-0.2, -0.15) is 5.26 Å². The topological polar surface area (TPSA) is 120 Å². The molecule has 1 aromatic carbocycles. The molecule has 0 saturated carbocycles. The number of nitrogens with one attached hydrogen (secondary N) is 1. The number of benzene rings is 1. The number of carbonyl (C=O) groups is 1. The van der Waals surface area contributed by atoms with E-state index in [-0.39, 0.29) is 17.8 Å². The van der Waals surface area contributed by atoms with Crippen LogP contribution in [-0.4, -0.2) is 56.3 Å². The van der Waals surface area contributed by atoms with Crippen LogP contribution in [-0.2, 0) is 16.1 Å². The van der Waals surface area contributed by atoms with E-state index in [4.69, 9.17) is 9.47 Å². The molecule has 0 aliphatic carbocycles. The van der Waals surface area contributed by atoms with Gasteiger partial charge in [-0.05, 0) is 66.9 Å². The minimum Gasteiger partial charge on any atom is -0.497 e. The third kappa shape index (κ3) is 4.86. The highest BCUT2D eigenvalue weighted by Gasteiger charge is 2.22. The van der Waals surface area contributed by atoms with Gasteiger partial charge in [0.05, 0.1) is 31.1 Å². The molecule has 1 saturated heterocycles. The van der Waals surface area contributed by atoms with Crippen molar-refractivity contribution in [3.05, 3.63) is 41.1 Å². The van der Waals surface area contributed by atoms with Crippen molar-refractivity contribution >= 4 is 23.5 Å². The molecule has 0 unspecified atom stereocenters. The number of thioether (sulfide) groups is 1. The first-order valence-electron chi connectivity index (χ1n) is 10.6. The second-order valence-electron chi connectivity index (χ2n) is 7.69. The standard InChI is InChI=1S/C22H25N7O3S/c1-14-15(2)29(16-6-8-17(31-3)9-7-16)21(19(14)11-23)24-20(30)13-33-22-25-26-27-28(22)12-18-5-4-10-32-18/h6-9,18H,4-5,10,12-13H2,1-3H3,(H,24,30)/t18-/m0/s1. The lowest BCUT2D eigenvalue weighted by atomic mass is 10.2. The number of nitriles is 1. The maximum atomic E-state index is 12.9. The molecule has 2 aromatic heterocycles. The lowest BCUT2D eigenvalue weighted by Gasteiger charge is -2.14. The Kier molecular flexibility index (Phi) is 6.96. The number of nitrogens with zero attached hydrogens (tertiary/aromatic N) is 6. The Bertz CT molecular complexity index is 1170. The van der Waals surface area contributed by atoms with E-state index in [0.29, 0.717) is 23.1 Å². The smallest absolute Gasteiger partial charge is 0.236 e. The molecule has 1 amide bonds. The van der Waals surface area contributed by atoms with Crippen LogP contribution in [0.5, 0.6) is 5.75 Å². The number of carbonyl (C=O) groups excluding carboxylic acids is 1.